The van der Waals surface area contributed by atoms with Crippen molar-refractivity contribution in [1.82, 2.24) is 5.32 Å². The molecule has 1 aliphatic rings. The summed E-state index contributed by atoms with van der Waals surface area (Å²) < 4.78 is 1.12. The lowest BCUT2D eigenvalue weighted by molar-refractivity contribution is -0.110. The van der Waals surface area contributed by atoms with Crippen LogP contribution in [0.5, 0.6) is 0 Å². The molecule has 0 heterocycles. The quantitative estimate of drug-likeness (QED) is 0.820. The summed E-state index contributed by atoms with van der Waals surface area (Å²) in [5.74, 6) is 0. The molecule has 0 saturated heterocycles. The number of hydrogen-bond donors (Lipinski definition) is 1. The third-order valence-corrected chi connectivity index (χ3v) is 3.48. The fraction of sp³-hybridized carbons (Fsp3) is 0.364. The Labute approximate surface area is 91.8 Å². The Hall–Kier alpha value is -0.830. The predicted octanol–water partition coefficient (Wildman–Crippen LogP) is 2.27. The van der Waals surface area contributed by atoms with E-state index in [1.807, 2.05) is 18.2 Å². The van der Waals surface area contributed by atoms with E-state index in [-0.39, 0.29) is 5.54 Å². The molecule has 1 N–H and O–H groups in total. The first-order valence-electron chi connectivity index (χ1n) is 4.70. The molecule has 1 aliphatic carbocycles. The highest BCUT2D eigenvalue weighted by molar-refractivity contribution is 9.10. The standard InChI is InChI=1S/C11H12BrNO/c12-10-4-2-1-3-9(10)7-11(5-6-11)13-8-14/h1-4,8H,5-7H2,(H,13,14). The number of rotatable bonds is 4. The molecule has 0 unspecified atom stereocenters. The summed E-state index contributed by atoms with van der Waals surface area (Å²) in [5, 5.41) is 2.91. The first-order chi connectivity index (χ1) is 6.76. The molecule has 1 aromatic carbocycles. The van der Waals surface area contributed by atoms with Crippen molar-refractivity contribution >= 4 is 22.3 Å². The molecule has 2 nitrogen and oxygen atoms in total. The number of halogens is 1. The summed E-state index contributed by atoms with van der Waals surface area (Å²) >= 11 is 3.51. The van der Waals surface area contributed by atoms with Crippen molar-refractivity contribution < 1.29 is 4.79 Å². The number of carbonyl (C=O) groups excluding carboxylic acids is 1. The predicted molar refractivity (Wildman–Crippen MR) is 59.0 cm³/mol. The van der Waals surface area contributed by atoms with Crippen LogP contribution in [0.4, 0.5) is 0 Å². The molecule has 74 valence electrons. The van der Waals surface area contributed by atoms with Crippen LogP contribution in [0.2, 0.25) is 0 Å². The molecule has 0 radical (unpaired) electrons. The fourth-order valence-electron chi connectivity index (χ4n) is 1.65. The third kappa shape index (κ3) is 1.98. The monoisotopic (exact) mass is 253 g/mol. The fourth-order valence-corrected chi connectivity index (χ4v) is 2.08. The molecule has 1 amide bonds. The molecule has 1 saturated carbocycles. The zero-order chi connectivity index (χ0) is 10.0. The van der Waals surface area contributed by atoms with Gasteiger partial charge < -0.3 is 5.32 Å². The average molecular weight is 254 g/mol. The Kier molecular flexibility index (Phi) is 2.59. The van der Waals surface area contributed by atoms with Crippen molar-refractivity contribution in [3.8, 4) is 0 Å². The minimum Gasteiger partial charge on any atom is -0.353 e. The lowest BCUT2D eigenvalue weighted by Crippen LogP contribution is -2.32. The maximum absolute atomic E-state index is 10.4. The Morgan fingerprint density at radius 2 is 2.14 bits per heavy atom. The molecule has 1 fully saturated rings. The van der Waals surface area contributed by atoms with E-state index >= 15 is 0 Å². The van der Waals surface area contributed by atoms with Crippen LogP contribution >= 0.6 is 15.9 Å². The van der Waals surface area contributed by atoms with Crippen molar-refractivity contribution in [2.75, 3.05) is 0 Å². The minimum atomic E-state index is 0.0472. The first-order valence-corrected chi connectivity index (χ1v) is 5.50. The SMILES string of the molecule is O=CNC1(Cc2ccccc2Br)CC1. The number of carbonyl (C=O) groups is 1. The van der Waals surface area contributed by atoms with E-state index in [0.717, 1.165) is 30.1 Å². The topological polar surface area (TPSA) is 29.1 Å². The van der Waals surface area contributed by atoms with Gasteiger partial charge in [-0.1, -0.05) is 34.1 Å². The smallest absolute Gasteiger partial charge is 0.207 e. The van der Waals surface area contributed by atoms with E-state index in [9.17, 15) is 4.79 Å². The maximum Gasteiger partial charge on any atom is 0.207 e. The normalized spacial score (nSPS) is 17.5. The van der Waals surface area contributed by atoms with Crippen LogP contribution in [0.3, 0.4) is 0 Å². The summed E-state index contributed by atoms with van der Waals surface area (Å²) in [4.78, 5) is 10.4. The van der Waals surface area contributed by atoms with Crippen LogP contribution in [-0.2, 0) is 11.2 Å². The van der Waals surface area contributed by atoms with Gasteiger partial charge in [0, 0.05) is 10.0 Å². The van der Waals surface area contributed by atoms with E-state index in [4.69, 9.17) is 0 Å². The summed E-state index contributed by atoms with van der Waals surface area (Å²) in [5.41, 5.74) is 1.31. The van der Waals surface area contributed by atoms with E-state index in [2.05, 4.69) is 27.3 Å². The molecule has 2 rings (SSSR count). The van der Waals surface area contributed by atoms with Gasteiger partial charge in [-0.15, -0.1) is 0 Å². The van der Waals surface area contributed by atoms with Crippen molar-refractivity contribution in [2.45, 2.75) is 24.8 Å². The van der Waals surface area contributed by atoms with E-state index in [1.54, 1.807) is 0 Å². The second-order valence-electron chi connectivity index (χ2n) is 3.81. The Morgan fingerprint density at radius 1 is 1.43 bits per heavy atom. The Bertz CT molecular complexity index is 347. The summed E-state index contributed by atoms with van der Waals surface area (Å²) in [6.45, 7) is 0. The molecule has 0 bridgehead atoms. The van der Waals surface area contributed by atoms with Gasteiger partial charge in [0.25, 0.3) is 0 Å². The van der Waals surface area contributed by atoms with Gasteiger partial charge in [-0.3, -0.25) is 4.79 Å². The van der Waals surface area contributed by atoms with Crippen LogP contribution in [-0.4, -0.2) is 11.9 Å². The lowest BCUT2D eigenvalue weighted by Gasteiger charge is -2.14. The summed E-state index contributed by atoms with van der Waals surface area (Å²) in [6.07, 6.45) is 3.91. The minimum absolute atomic E-state index is 0.0472. The van der Waals surface area contributed by atoms with Gasteiger partial charge in [0.1, 0.15) is 0 Å². The second kappa shape index (κ2) is 3.73. The Balaban J connectivity index is 2.11. The van der Waals surface area contributed by atoms with Crippen molar-refractivity contribution in [3.05, 3.63) is 34.3 Å². The van der Waals surface area contributed by atoms with E-state index in [0.29, 0.717) is 0 Å². The highest BCUT2D eigenvalue weighted by Gasteiger charge is 2.42. The highest BCUT2D eigenvalue weighted by atomic mass is 79.9. The summed E-state index contributed by atoms with van der Waals surface area (Å²) in [6, 6.07) is 8.15. The molecule has 14 heavy (non-hydrogen) atoms. The molecule has 0 atom stereocenters. The van der Waals surface area contributed by atoms with E-state index < -0.39 is 0 Å². The Morgan fingerprint density at radius 3 is 2.71 bits per heavy atom. The van der Waals surface area contributed by atoms with Gasteiger partial charge in [-0.25, -0.2) is 0 Å². The molecule has 0 spiro atoms. The number of amides is 1. The van der Waals surface area contributed by atoms with E-state index in [1.165, 1.54) is 5.56 Å². The number of hydrogen-bond acceptors (Lipinski definition) is 1. The number of benzene rings is 1. The van der Waals surface area contributed by atoms with Crippen molar-refractivity contribution in [2.24, 2.45) is 0 Å². The van der Waals surface area contributed by atoms with Crippen LogP contribution in [0.1, 0.15) is 18.4 Å². The maximum atomic E-state index is 10.4. The van der Waals surface area contributed by atoms with Gasteiger partial charge in [-0.2, -0.15) is 0 Å². The molecular formula is C11H12BrNO. The third-order valence-electron chi connectivity index (χ3n) is 2.71. The molecule has 1 aromatic rings. The number of nitrogens with one attached hydrogen (secondary N) is 1. The van der Waals surface area contributed by atoms with Gasteiger partial charge >= 0.3 is 0 Å². The van der Waals surface area contributed by atoms with Crippen LogP contribution in [0.15, 0.2) is 28.7 Å². The van der Waals surface area contributed by atoms with Crippen molar-refractivity contribution in [1.29, 1.82) is 0 Å². The van der Waals surface area contributed by atoms with Crippen LogP contribution in [0, 0.1) is 0 Å². The van der Waals surface area contributed by atoms with Crippen molar-refractivity contribution in [3.63, 3.8) is 0 Å². The van der Waals surface area contributed by atoms with Gasteiger partial charge in [0.2, 0.25) is 6.41 Å². The molecular weight excluding hydrogens is 242 g/mol. The van der Waals surface area contributed by atoms with Gasteiger partial charge in [0.05, 0.1) is 0 Å². The molecule has 3 heteroatoms. The molecule has 0 aromatic heterocycles. The summed E-state index contributed by atoms with van der Waals surface area (Å²) in [7, 11) is 0. The lowest BCUT2D eigenvalue weighted by atomic mass is 10.0. The van der Waals surface area contributed by atoms with Crippen LogP contribution < -0.4 is 5.32 Å². The zero-order valence-corrected chi connectivity index (χ0v) is 9.38. The second-order valence-corrected chi connectivity index (χ2v) is 4.67. The van der Waals surface area contributed by atoms with Gasteiger partial charge in [0.15, 0.2) is 0 Å². The zero-order valence-electron chi connectivity index (χ0n) is 7.79. The van der Waals surface area contributed by atoms with Crippen LogP contribution in [0.25, 0.3) is 0 Å². The largest absolute Gasteiger partial charge is 0.353 e. The van der Waals surface area contributed by atoms with Gasteiger partial charge in [-0.05, 0) is 30.9 Å². The highest BCUT2D eigenvalue weighted by Crippen LogP contribution is 2.39. The molecule has 0 aliphatic heterocycles. The first kappa shape index (κ1) is 9.71. The average Bonchev–Trinajstić information content (AvgIpc) is 2.90.